The molecule has 0 aromatic heterocycles. The molecule has 0 bridgehead atoms. The van der Waals surface area contributed by atoms with Gasteiger partial charge in [-0.2, -0.15) is 0 Å². The molecule has 0 amide bonds. The third-order valence-corrected chi connectivity index (χ3v) is 5.38. The van der Waals surface area contributed by atoms with E-state index >= 15 is 0 Å². The Labute approximate surface area is 106 Å². The van der Waals surface area contributed by atoms with Gasteiger partial charge in [-0.1, -0.05) is 27.7 Å². The third kappa shape index (κ3) is 5.38. The summed E-state index contributed by atoms with van der Waals surface area (Å²) in [5.74, 6) is 1.26. The molecule has 2 atom stereocenters. The molecule has 0 heterocycles. The fourth-order valence-electron chi connectivity index (χ4n) is 3.06. The first-order valence-electron chi connectivity index (χ1n) is 6.68. The van der Waals surface area contributed by atoms with Crippen molar-refractivity contribution in [2.75, 3.05) is 18.1 Å². The predicted octanol–water partition coefficient (Wildman–Crippen LogP) is 2.23. The Hall–Kier alpha value is -0.0900. The quantitative estimate of drug-likeness (QED) is 0.825. The minimum atomic E-state index is -2.83. The van der Waals surface area contributed by atoms with Crippen LogP contribution in [0.1, 0.15) is 47.0 Å². The average molecular weight is 261 g/mol. The summed E-state index contributed by atoms with van der Waals surface area (Å²) in [6, 6.07) is 0.487. The SMILES string of the molecule is CCS(=O)(=O)CCNC1CC(C)CC(C)(C)C1. The molecule has 1 rings (SSSR count). The molecule has 1 N–H and O–H groups in total. The summed E-state index contributed by atoms with van der Waals surface area (Å²) in [7, 11) is -2.83. The van der Waals surface area contributed by atoms with Crippen molar-refractivity contribution in [3.63, 3.8) is 0 Å². The van der Waals surface area contributed by atoms with Gasteiger partial charge in [-0.05, 0) is 30.6 Å². The molecule has 0 aromatic carbocycles. The second kappa shape index (κ2) is 5.70. The van der Waals surface area contributed by atoms with Crippen LogP contribution in [0.4, 0.5) is 0 Å². The van der Waals surface area contributed by atoms with Crippen molar-refractivity contribution in [3.8, 4) is 0 Å². The first-order chi connectivity index (χ1) is 7.74. The van der Waals surface area contributed by atoms with Crippen molar-refractivity contribution >= 4 is 9.84 Å². The van der Waals surface area contributed by atoms with Crippen molar-refractivity contribution in [3.05, 3.63) is 0 Å². The van der Waals surface area contributed by atoms with Gasteiger partial charge in [0.05, 0.1) is 5.75 Å². The van der Waals surface area contributed by atoms with Gasteiger partial charge in [0.25, 0.3) is 0 Å². The molecule has 2 unspecified atom stereocenters. The van der Waals surface area contributed by atoms with E-state index in [1.54, 1.807) is 6.92 Å². The number of rotatable bonds is 5. The highest BCUT2D eigenvalue weighted by Crippen LogP contribution is 2.38. The molecule has 0 aromatic rings. The normalized spacial score (nSPS) is 29.2. The average Bonchev–Trinajstić information content (AvgIpc) is 2.14. The van der Waals surface area contributed by atoms with Crippen LogP contribution in [0.25, 0.3) is 0 Å². The van der Waals surface area contributed by atoms with Crippen LogP contribution in [-0.4, -0.2) is 32.5 Å². The van der Waals surface area contributed by atoms with Crippen LogP contribution in [-0.2, 0) is 9.84 Å². The smallest absolute Gasteiger partial charge is 0.151 e. The minimum Gasteiger partial charge on any atom is -0.313 e. The highest BCUT2D eigenvalue weighted by Gasteiger charge is 2.31. The fourth-order valence-corrected chi connectivity index (χ4v) is 3.78. The zero-order valence-electron chi connectivity index (χ0n) is 11.6. The van der Waals surface area contributed by atoms with Gasteiger partial charge in [-0.3, -0.25) is 0 Å². The number of nitrogens with one attached hydrogen (secondary N) is 1. The number of sulfone groups is 1. The summed E-state index contributed by atoms with van der Waals surface area (Å²) in [5.41, 5.74) is 0.388. The molecule has 0 spiro atoms. The highest BCUT2D eigenvalue weighted by atomic mass is 32.2. The molecular formula is C13H27NO2S. The summed E-state index contributed by atoms with van der Waals surface area (Å²) < 4.78 is 22.8. The van der Waals surface area contributed by atoms with Crippen LogP contribution < -0.4 is 5.32 Å². The van der Waals surface area contributed by atoms with Crippen LogP contribution in [0.3, 0.4) is 0 Å². The van der Waals surface area contributed by atoms with Crippen LogP contribution in [0.2, 0.25) is 0 Å². The van der Waals surface area contributed by atoms with Crippen molar-refractivity contribution in [2.45, 2.75) is 53.0 Å². The minimum absolute atomic E-state index is 0.251. The largest absolute Gasteiger partial charge is 0.313 e. The van der Waals surface area contributed by atoms with Crippen molar-refractivity contribution in [1.82, 2.24) is 5.32 Å². The van der Waals surface area contributed by atoms with E-state index in [4.69, 9.17) is 0 Å². The predicted molar refractivity (Wildman–Crippen MR) is 72.9 cm³/mol. The maximum absolute atomic E-state index is 11.4. The molecular weight excluding hydrogens is 234 g/mol. The van der Waals surface area contributed by atoms with Crippen LogP contribution >= 0.6 is 0 Å². The maximum atomic E-state index is 11.4. The Morgan fingerprint density at radius 3 is 2.47 bits per heavy atom. The zero-order valence-corrected chi connectivity index (χ0v) is 12.4. The lowest BCUT2D eigenvalue weighted by Crippen LogP contribution is -2.41. The maximum Gasteiger partial charge on any atom is 0.151 e. The molecule has 4 heteroatoms. The first kappa shape index (κ1) is 15.0. The molecule has 1 fully saturated rings. The Bertz CT molecular complexity index is 335. The van der Waals surface area contributed by atoms with Crippen LogP contribution in [0.15, 0.2) is 0 Å². The van der Waals surface area contributed by atoms with Crippen LogP contribution in [0, 0.1) is 11.3 Å². The van der Waals surface area contributed by atoms with Gasteiger partial charge < -0.3 is 5.32 Å². The van der Waals surface area contributed by atoms with E-state index < -0.39 is 9.84 Å². The standard InChI is InChI=1S/C13H27NO2S/c1-5-17(15,16)7-6-14-12-8-11(2)9-13(3,4)10-12/h11-12,14H,5-10H2,1-4H3. The van der Waals surface area contributed by atoms with Gasteiger partial charge in [0.1, 0.15) is 0 Å². The monoisotopic (exact) mass is 261 g/mol. The molecule has 3 nitrogen and oxygen atoms in total. The van der Waals surface area contributed by atoms with E-state index in [0.29, 0.717) is 18.0 Å². The van der Waals surface area contributed by atoms with Crippen molar-refractivity contribution in [2.24, 2.45) is 11.3 Å². The summed E-state index contributed by atoms with van der Waals surface area (Å²) in [4.78, 5) is 0. The van der Waals surface area contributed by atoms with Crippen LogP contribution in [0.5, 0.6) is 0 Å². The topological polar surface area (TPSA) is 46.2 Å². The molecule has 0 radical (unpaired) electrons. The Balaban J connectivity index is 2.37. The molecule has 1 saturated carbocycles. The Kier molecular flexibility index (Phi) is 5.02. The summed E-state index contributed by atoms with van der Waals surface area (Å²) >= 11 is 0. The van der Waals surface area contributed by atoms with E-state index in [9.17, 15) is 8.42 Å². The molecule has 102 valence electrons. The zero-order chi connectivity index (χ0) is 13.1. The summed E-state index contributed by atoms with van der Waals surface area (Å²) in [5, 5.41) is 3.42. The second-order valence-electron chi connectivity index (χ2n) is 6.30. The molecule has 17 heavy (non-hydrogen) atoms. The Morgan fingerprint density at radius 1 is 1.29 bits per heavy atom. The number of hydrogen-bond acceptors (Lipinski definition) is 3. The van der Waals surface area contributed by atoms with Gasteiger partial charge in [0.15, 0.2) is 9.84 Å². The number of hydrogen-bond donors (Lipinski definition) is 1. The summed E-state index contributed by atoms with van der Waals surface area (Å²) in [6.07, 6.45) is 3.61. The van der Waals surface area contributed by atoms with E-state index in [1.165, 1.54) is 12.8 Å². The molecule has 1 aliphatic carbocycles. The van der Waals surface area contributed by atoms with E-state index in [-0.39, 0.29) is 11.5 Å². The first-order valence-corrected chi connectivity index (χ1v) is 8.50. The summed E-state index contributed by atoms with van der Waals surface area (Å²) in [6.45, 7) is 9.21. The molecule has 1 aliphatic rings. The van der Waals surface area contributed by atoms with Crippen molar-refractivity contribution < 1.29 is 8.42 Å². The third-order valence-electron chi connectivity index (χ3n) is 3.67. The second-order valence-corrected chi connectivity index (χ2v) is 8.77. The van der Waals surface area contributed by atoms with Gasteiger partial charge in [-0.25, -0.2) is 8.42 Å². The van der Waals surface area contributed by atoms with E-state index in [0.717, 1.165) is 12.3 Å². The van der Waals surface area contributed by atoms with Gasteiger partial charge in [-0.15, -0.1) is 0 Å². The van der Waals surface area contributed by atoms with E-state index in [2.05, 4.69) is 26.1 Å². The van der Waals surface area contributed by atoms with Gasteiger partial charge in [0.2, 0.25) is 0 Å². The highest BCUT2D eigenvalue weighted by molar-refractivity contribution is 7.91. The van der Waals surface area contributed by atoms with Crippen molar-refractivity contribution in [1.29, 1.82) is 0 Å². The van der Waals surface area contributed by atoms with Gasteiger partial charge in [0, 0.05) is 18.3 Å². The fraction of sp³-hybridized carbons (Fsp3) is 1.00. The lowest BCUT2D eigenvalue weighted by atomic mass is 9.70. The lowest BCUT2D eigenvalue weighted by molar-refractivity contribution is 0.153. The van der Waals surface area contributed by atoms with Gasteiger partial charge >= 0.3 is 0 Å². The van der Waals surface area contributed by atoms with E-state index in [1.807, 2.05) is 0 Å². The molecule has 0 aliphatic heterocycles. The lowest BCUT2D eigenvalue weighted by Gasteiger charge is -2.39. The Morgan fingerprint density at radius 2 is 1.94 bits per heavy atom. The molecule has 0 saturated heterocycles.